The van der Waals surface area contributed by atoms with Gasteiger partial charge in [-0.25, -0.2) is 0 Å². The van der Waals surface area contributed by atoms with Crippen molar-refractivity contribution in [1.29, 1.82) is 0 Å². The number of rotatable bonds is 0. The third-order valence-electron chi connectivity index (χ3n) is 2.22. The van der Waals surface area contributed by atoms with Crippen LogP contribution >= 0.6 is 15.9 Å². The van der Waals surface area contributed by atoms with Gasteiger partial charge in [-0.2, -0.15) is 0 Å². The first-order valence-electron chi connectivity index (χ1n) is 4.24. The molecule has 0 aromatic heterocycles. The van der Waals surface area contributed by atoms with E-state index in [9.17, 15) is 5.11 Å². The van der Waals surface area contributed by atoms with Gasteiger partial charge >= 0.3 is 0 Å². The van der Waals surface area contributed by atoms with Gasteiger partial charge in [0, 0.05) is 5.56 Å². The Balaban J connectivity index is 2.45. The molecule has 1 aromatic rings. The van der Waals surface area contributed by atoms with Crippen LogP contribution in [0.15, 0.2) is 18.2 Å². The summed E-state index contributed by atoms with van der Waals surface area (Å²) in [6.45, 7) is 2.53. The van der Waals surface area contributed by atoms with Crippen molar-refractivity contribution < 1.29 is 9.84 Å². The molecule has 13 heavy (non-hydrogen) atoms. The Morgan fingerprint density at radius 2 is 2.31 bits per heavy atom. The van der Waals surface area contributed by atoms with Crippen LogP contribution in [0.2, 0.25) is 0 Å². The predicted molar refractivity (Wildman–Crippen MR) is 54.3 cm³/mol. The second-order valence-corrected chi connectivity index (χ2v) is 4.49. The van der Waals surface area contributed by atoms with E-state index in [-0.39, 0.29) is 4.83 Å². The molecule has 0 radical (unpaired) electrons. The summed E-state index contributed by atoms with van der Waals surface area (Å²) < 4.78 is 5.45. The van der Waals surface area contributed by atoms with Crippen LogP contribution in [-0.2, 0) is 0 Å². The smallest absolute Gasteiger partial charge is 0.125 e. The molecule has 0 fully saturated rings. The summed E-state index contributed by atoms with van der Waals surface area (Å²) in [7, 11) is 0. The fourth-order valence-corrected chi connectivity index (χ4v) is 1.90. The van der Waals surface area contributed by atoms with Gasteiger partial charge in [-0.15, -0.1) is 0 Å². The lowest BCUT2D eigenvalue weighted by Gasteiger charge is -2.26. The minimum Gasteiger partial charge on any atom is -0.492 e. The van der Waals surface area contributed by atoms with Crippen molar-refractivity contribution in [1.82, 2.24) is 0 Å². The van der Waals surface area contributed by atoms with Gasteiger partial charge in [0.2, 0.25) is 0 Å². The highest BCUT2D eigenvalue weighted by atomic mass is 79.9. The molecule has 1 aromatic carbocycles. The second-order valence-electron chi connectivity index (χ2n) is 3.31. The molecule has 1 aliphatic heterocycles. The van der Waals surface area contributed by atoms with Crippen molar-refractivity contribution in [2.24, 2.45) is 0 Å². The topological polar surface area (TPSA) is 29.5 Å². The monoisotopic (exact) mass is 242 g/mol. The van der Waals surface area contributed by atoms with Crippen LogP contribution in [0, 0.1) is 6.92 Å². The van der Waals surface area contributed by atoms with E-state index >= 15 is 0 Å². The number of aryl methyl sites for hydroxylation is 1. The summed E-state index contributed by atoms with van der Waals surface area (Å²) in [4.78, 5) is 0.00167. The fraction of sp³-hybridized carbons (Fsp3) is 0.400. The second kappa shape index (κ2) is 3.31. The normalized spacial score (nSPS) is 26.4. The van der Waals surface area contributed by atoms with Gasteiger partial charge in [0.15, 0.2) is 0 Å². The third kappa shape index (κ3) is 1.58. The number of aliphatic hydroxyl groups is 1. The fourth-order valence-electron chi connectivity index (χ4n) is 1.49. The number of hydrogen-bond acceptors (Lipinski definition) is 2. The average molecular weight is 243 g/mol. The number of benzene rings is 1. The summed E-state index contributed by atoms with van der Waals surface area (Å²) in [5, 5.41) is 9.83. The summed E-state index contributed by atoms with van der Waals surface area (Å²) >= 11 is 3.37. The molecule has 0 saturated carbocycles. The quantitative estimate of drug-likeness (QED) is 0.707. The number of alkyl halides is 1. The van der Waals surface area contributed by atoms with E-state index in [1.807, 2.05) is 25.1 Å². The summed E-state index contributed by atoms with van der Waals surface area (Å²) in [6, 6.07) is 5.86. The molecule has 0 aliphatic carbocycles. The molecule has 0 bridgehead atoms. The van der Waals surface area contributed by atoms with Crippen LogP contribution in [-0.4, -0.2) is 16.5 Å². The molecule has 0 unspecified atom stereocenters. The van der Waals surface area contributed by atoms with Crippen molar-refractivity contribution in [2.75, 3.05) is 6.61 Å². The molecule has 2 nitrogen and oxygen atoms in total. The highest BCUT2D eigenvalue weighted by Crippen LogP contribution is 2.35. The maximum absolute atomic E-state index is 9.83. The zero-order chi connectivity index (χ0) is 9.42. The van der Waals surface area contributed by atoms with Crippen molar-refractivity contribution >= 4 is 15.9 Å². The first-order chi connectivity index (χ1) is 6.18. The Bertz CT molecular complexity index is 325. The standard InChI is InChI=1S/C10H11BrO2/c1-6-2-3-9-7(4-6)10(12)8(11)5-13-9/h2-4,8,10,12H,5H2,1H3/t8-,10-/m1/s1. The molecule has 0 amide bonds. The lowest BCUT2D eigenvalue weighted by Crippen LogP contribution is -2.25. The van der Waals surface area contributed by atoms with E-state index in [4.69, 9.17) is 4.74 Å². The maximum Gasteiger partial charge on any atom is 0.125 e. The summed E-state index contributed by atoms with van der Waals surface area (Å²) in [5.74, 6) is 0.800. The molecule has 0 saturated heterocycles. The van der Waals surface area contributed by atoms with Crippen molar-refractivity contribution in [3.8, 4) is 5.75 Å². The lowest BCUT2D eigenvalue weighted by molar-refractivity contribution is 0.125. The summed E-state index contributed by atoms with van der Waals surface area (Å²) in [6.07, 6.45) is -0.455. The molecule has 2 atom stereocenters. The van der Waals surface area contributed by atoms with Crippen LogP contribution in [0.5, 0.6) is 5.75 Å². The molecular weight excluding hydrogens is 232 g/mol. The molecule has 1 heterocycles. The Labute approximate surface area is 85.7 Å². The zero-order valence-corrected chi connectivity index (χ0v) is 8.91. The average Bonchev–Trinajstić information content (AvgIpc) is 2.12. The molecule has 2 rings (SSSR count). The van der Waals surface area contributed by atoms with Crippen molar-refractivity contribution in [2.45, 2.75) is 17.9 Å². The van der Waals surface area contributed by atoms with Crippen LogP contribution in [0.4, 0.5) is 0 Å². The van der Waals surface area contributed by atoms with E-state index in [0.29, 0.717) is 6.61 Å². The lowest BCUT2D eigenvalue weighted by atomic mass is 10.0. The number of aliphatic hydroxyl groups excluding tert-OH is 1. The zero-order valence-electron chi connectivity index (χ0n) is 7.33. The first kappa shape index (κ1) is 9.03. The van der Waals surface area contributed by atoms with Crippen LogP contribution < -0.4 is 4.74 Å². The van der Waals surface area contributed by atoms with Gasteiger partial charge in [0.1, 0.15) is 12.4 Å². The van der Waals surface area contributed by atoms with Crippen molar-refractivity contribution in [3.63, 3.8) is 0 Å². The van der Waals surface area contributed by atoms with E-state index in [0.717, 1.165) is 16.9 Å². The molecule has 3 heteroatoms. The Morgan fingerprint density at radius 1 is 1.54 bits per heavy atom. The highest BCUT2D eigenvalue weighted by Gasteiger charge is 2.26. The van der Waals surface area contributed by atoms with Crippen LogP contribution in [0.1, 0.15) is 17.2 Å². The van der Waals surface area contributed by atoms with Gasteiger partial charge in [0.05, 0.1) is 10.9 Å². The molecule has 1 N–H and O–H groups in total. The van der Waals surface area contributed by atoms with Gasteiger partial charge in [-0.3, -0.25) is 0 Å². The molecular formula is C10H11BrO2. The van der Waals surface area contributed by atoms with Gasteiger partial charge in [0.25, 0.3) is 0 Å². The third-order valence-corrected chi connectivity index (χ3v) is 2.99. The Morgan fingerprint density at radius 3 is 3.08 bits per heavy atom. The highest BCUT2D eigenvalue weighted by molar-refractivity contribution is 9.09. The van der Waals surface area contributed by atoms with Crippen molar-refractivity contribution in [3.05, 3.63) is 29.3 Å². The largest absolute Gasteiger partial charge is 0.492 e. The minimum absolute atomic E-state index is 0.00167. The molecule has 1 aliphatic rings. The van der Waals surface area contributed by atoms with E-state index in [1.165, 1.54) is 0 Å². The van der Waals surface area contributed by atoms with E-state index < -0.39 is 6.10 Å². The number of fused-ring (bicyclic) bond motifs is 1. The predicted octanol–water partition coefficient (Wildman–Crippen LogP) is 2.18. The van der Waals surface area contributed by atoms with Gasteiger partial charge in [-0.1, -0.05) is 27.6 Å². The van der Waals surface area contributed by atoms with E-state index in [1.54, 1.807) is 0 Å². The Kier molecular flexibility index (Phi) is 2.30. The van der Waals surface area contributed by atoms with E-state index in [2.05, 4.69) is 15.9 Å². The molecule has 70 valence electrons. The van der Waals surface area contributed by atoms with Crippen LogP contribution in [0.3, 0.4) is 0 Å². The van der Waals surface area contributed by atoms with Gasteiger partial charge in [-0.05, 0) is 19.1 Å². The van der Waals surface area contributed by atoms with Gasteiger partial charge < -0.3 is 9.84 Å². The molecule has 0 spiro atoms. The number of ether oxygens (including phenoxy) is 1. The SMILES string of the molecule is Cc1ccc2c(c1)[C@@H](O)[C@H](Br)CO2. The summed E-state index contributed by atoms with van der Waals surface area (Å²) in [5.41, 5.74) is 2.02. The number of halogens is 1. The maximum atomic E-state index is 9.83. The Hall–Kier alpha value is -0.540. The van der Waals surface area contributed by atoms with Crippen LogP contribution in [0.25, 0.3) is 0 Å². The first-order valence-corrected chi connectivity index (χ1v) is 5.15. The minimum atomic E-state index is -0.455. The number of hydrogen-bond donors (Lipinski definition) is 1.